The van der Waals surface area contributed by atoms with E-state index in [1.807, 2.05) is 61.7 Å². The monoisotopic (exact) mass is 524 g/mol. The highest BCUT2D eigenvalue weighted by atomic mass is 32.1. The van der Waals surface area contributed by atoms with Crippen LogP contribution in [0.4, 0.5) is 17.1 Å². The number of nitrogens with one attached hydrogen (secondary N) is 2. The highest BCUT2D eigenvalue weighted by Crippen LogP contribution is 2.39. The Morgan fingerprint density at radius 3 is 2.29 bits per heavy atom. The van der Waals surface area contributed by atoms with Gasteiger partial charge in [0.25, 0.3) is 5.91 Å². The van der Waals surface area contributed by atoms with Gasteiger partial charge < -0.3 is 15.2 Å². The van der Waals surface area contributed by atoms with Gasteiger partial charge in [-0.1, -0.05) is 17.7 Å². The van der Waals surface area contributed by atoms with Crippen molar-refractivity contribution in [3.05, 3.63) is 93.1 Å². The highest BCUT2D eigenvalue weighted by Gasteiger charge is 2.28. The van der Waals surface area contributed by atoms with E-state index < -0.39 is 0 Å². The largest absolute Gasteiger partial charge is 0.326 e. The predicted molar refractivity (Wildman–Crippen MR) is 157 cm³/mol. The number of hydrogen-bond donors (Lipinski definition) is 2. The second-order valence-electron chi connectivity index (χ2n) is 9.86. The Labute approximate surface area is 227 Å². The molecule has 0 spiro atoms. The molecule has 194 valence electrons. The van der Waals surface area contributed by atoms with E-state index >= 15 is 0 Å². The van der Waals surface area contributed by atoms with Crippen LogP contribution in [0.2, 0.25) is 0 Å². The van der Waals surface area contributed by atoms with Crippen molar-refractivity contribution in [2.45, 2.75) is 53.4 Å². The first-order chi connectivity index (χ1) is 18.3. The van der Waals surface area contributed by atoms with E-state index in [1.165, 1.54) is 17.4 Å². The van der Waals surface area contributed by atoms with Crippen molar-refractivity contribution >= 4 is 46.4 Å². The van der Waals surface area contributed by atoms with Crippen molar-refractivity contribution < 1.29 is 9.59 Å². The van der Waals surface area contributed by atoms with Crippen molar-refractivity contribution in [3.63, 3.8) is 0 Å². The average Bonchev–Trinajstić information content (AvgIpc) is 3.40. The van der Waals surface area contributed by atoms with Crippen molar-refractivity contribution in [2.75, 3.05) is 10.6 Å². The molecule has 2 aromatic carbocycles. The van der Waals surface area contributed by atoms with Gasteiger partial charge in [0.2, 0.25) is 5.91 Å². The molecule has 2 heterocycles. The minimum absolute atomic E-state index is 0.0507. The molecule has 1 aliphatic rings. The Hall–Kier alpha value is -3.97. The normalized spacial score (nSPS) is 12.9. The third kappa shape index (κ3) is 5.34. The number of benzene rings is 2. The van der Waals surface area contributed by atoms with E-state index in [2.05, 4.69) is 40.1 Å². The molecule has 2 amide bonds. The highest BCUT2D eigenvalue weighted by molar-refractivity contribution is 7.15. The summed E-state index contributed by atoms with van der Waals surface area (Å²) < 4.78 is 2.20. The zero-order valence-electron chi connectivity index (χ0n) is 22.2. The summed E-state index contributed by atoms with van der Waals surface area (Å²) >= 11 is 1.74. The van der Waals surface area contributed by atoms with E-state index in [1.54, 1.807) is 11.3 Å². The predicted octanol–water partition coefficient (Wildman–Crippen LogP) is 7.30. The van der Waals surface area contributed by atoms with Crippen LogP contribution in [0.25, 0.3) is 5.00 Å². The fourth-order valence-corrected chi connectivity index (χ4v) is 6.48. The number of aromatic nitrogens is 1. The molecule has 0 radical (unpaired) electrons. The number of rotatable bonds is 6. The van der Waals surface area contributed by atoms with Crippen LogP contribution < -0.4 is 10.6 Å². The molecule has 2 N–H and O–H groups in total. The first-order valence-electron chi connectivity index (χ1n) is 12.9. The second kappa shape index (κ2) is 10.8. The lowest BCUT2D eigenvalue weighted by molar-refractivity contribution is -0.114. The van der Waals surface area contributed by atoms with E-state index in [-0.39, 0.29) is 11.8 Å². The van der Waals surface area contributed by atoms with Crippen LogP contribution >= 0.6 is 11.3 Å². The van der Waals surface area contributed by atoms with Gasteiger partial charge in [-0.15, -0.1) is 11.3 Å². The van der Waals surface area contributed by atoms with Crippen LogP contribution in [0.15, 0.2) is 59.6 Å². The van der Waals surface area contributed by atoms with Crippen molar-refractivity contribution in [2.24, 2.45) is 4.99 Å². The number of nitrogens with zero attached hydrogens (tertiary/aromatic N) is 2. The number of amides is 2. The van der Waals surface area contributed by atoms with Crippen LogP contribution in [0, 0.1) is 20.8 Å². The maximum absolute atomic E-state index is 13.7. The van der Waals surface area contributed by atoms with Gasteiger partial charge in [0.05, 0.1) is 11.3 Å². The molecular weight excluding hydrogens is 492 g/mol. The fraction of sp³-hybridized carbons (Fsp3) is 0.258. The summed E-state index contributed by atoms with van der Waals surface area (Å²) in [6.45, 7) is 7.68. The summed E-state index contributed by atoms with van der Waals surface area (Å²) in [4.78, 5) is 30.9. The molecule has 0 unspecified atom stereocenters. The lowest BCUT2D eigenvalue weighted by atomic mass is 9.95. The van der Waals surface area contributed by atoms with Gasteiger partial charge in [-0.05, 0) is 94.5 Å². The van der Waals surface area contributed by atoms with Crippen molar-refractivity contribution in [1.82, 2.24) is 4.57 Å². The van der Waals surface area contributed by atoms with Gasteiger partial charge in [0.15, 0.2) is 0 Å². The number of aliphatic imine (C=N–C) groups is 1. The molecule has 4 aromatic rings. The van der Waals surface area contributed by atoms with Gasteiger partial charge in [-0.25, -0.2) is 0 Å². The number of hydrogen-bond acceptors (Lipinski definition) is 4. The molecule has 2 aromatic heterocycles. The summed E-state index contributed by atoms with van der Waals surface area (Å²) in [6.07, 6.45) is 6.09. The van der Waals surface area contributed by atoms with E-state index in [0.29, 0.717) is 0 Å². The Balaban J connectivity index is 1.48. The zero-order valence-corrected chi connectivity index (χ0v) is 23.0. The van der Waals surface area contributed by atoms with Gasteiger partial charge in [0, 0.05) is 46.3 Å². The molecule has 38 heavy (non-hydrogen) atoms. The van der Waals surface area contributed by atoms with E-state index in [0.717, 1.165) is 75.8 Å². The summed E-state index contributed by atoms with van der Waals surface area (Å²) in [7, 11) is 0. The van der Waals surface area contributed by atoms with Gasteiger partial charge in [-0.2, -0.15) is 0 Å². The summed E-state index contributed by atoms with van der Waals surface area (Å²) in [5.74, 6) is -0.152. The van der Waals surface area contributed by atoms with E-state index in [9.17, 15) is 9.59 Å². The van der Waals surface area contributed by atoms with Crippen molar-refractivity contribution in [3.8, 4) is 5.00 Å². The Kier molecular flexibility index (Phi) is 7.29. The molecular formula is C31H32N4O2S. The molecule has 0 saturated carbocycles. The minimum Gasteiger partial charge on any atom is -0.326 e. The average molecular weight is 525 g/mol. The van der Waals surface area contributed by atoms with Gasteiger partial charge in [0.1, 0.15) is 5.00 Å². The molecule has 6 nitrogen and oxygen atoms in total. The number of fused-ring (bicyclic) bond motifs is 1. The molecule has 0 saturated heterocycles. The lowest BCUT2D eigenvalue weighted by Gasteiger charge is -2.14. The fourth-order valence-electron chi connectivity index (χ4n) is 4.98. The molecule has 0 bridgehead atoms. The number of anilines is 2. The van der Waals surface area contributed by atoms with Crippen molar-refractivity contribution in [1.29, 1.82) is 0 Å². The first-order valence-corrected chi connectivity index (χ1v) is 13.8. The topological polar surface area (TPSA) is 75.5 Å². The Morgan fingerprint density at radius 2 is 1.58 bits per heavy atom. The Bertz CT molecular complexity index is 1530. The SMILES string of the molecule is CC(=O)Nc1ccc(N=Cc2cc(C)n(-c3sc4c(c3C(=O)Nc3ccc(C)cc3)CCCC4)c2C)cc1. The van der Waals surface area contributed by atoms with Crippen LogP contribution in [-0.4, -0.2) is 22.6 Å². The standard InChI is InChI=1S/C31H32N4O2S/c1-19-9-11-26(12-10-19)34-30(37)29-27-7-5-6-8-28(27)38-31(29)35-20(2)17-23(21(35)3)18-32-24-13-15-25(16-14-24)33-22(4)36/h9-18H,5-8H2,1-4H3,(H,33,36)(H,34,37). The summed E-state index contributed by atoms with van der Waals surface area (Å²) in [6, 6.07) is 17.5. The van der Waals surface area contributed by atoms with Crippen LogP contribution in [-0.2, 0) is 17.6 Å². The summed E-state index contributed by atoms with van der Waals surface area (Å²) in [5, 5.41) is 6.90. The third-order valence-electron chi connectivity index (χ3n) is 6.90. The number of carbonyl (C=O) groups is 2. The van der Waals surface area contributed by atoms with E-state index in [4.69, 9.17) is 0 Å². The lowest BCUT2D eigenvalue weighted by Crippen LogP contribution is -2.17. The van der Waals surface area contributed by atoms with Gasteiger partial charge >= 0.3 is 0 Å². The minimum atomic E-state index is -0.101. The van der Waals surface area contributed by atoms with Crippen LogP contribution in [0.1, 0.15) is 63.1 Å². The third-order valence-corrected chi connectivity index (χ3v) is 8.18. The quantitative estimate of drug-likeness (QED) is 0.260. The zero-order chi connectivity index (χ0) is 26.8. The molecule has 0 aliphatic heterocycles. The van der Waals surface area contributed by atoms with Crippen LogP contribution in [0.5, 0.6) is 0 Å². The summed E-state index contributed by atoms with van der Waals surface area (Å²) in [5.41, 5.74) is 8.61. The molecule has 5 rings (SSSR count). The number of thiophene rings is 1. The molecule has 7 heteroatoms. The Morgan fingerprint density at radius 1 is 0.921 bits per heavy atom. The first kappa shape index (κ1) is 25.7. The smallest absolute Gasteiger partial charge is 0.258 e. The number of aryl methyl sites for hydroxylation is 3. The molecule has 1 aliphatic carbocycles. The maximum Gasteiger partial charge on any atom is 0.258 e. The maximum atomic E-state index is 13.7. The molecule has 0 atom stereocenters. The van der Waals surface area contributed by atoms with Gasteiger partial charge in [-0.3, -0.25) is 14.6 Å². The number of carbonyl (C=O) groups excluding carboxylic acids is 2. The van der Waals surface area contributed by atoms with Crippen LogP contribution in [0.3, 0.4) is 0 Å². The second-order valence-corrected chi connectivity index (χ2v) is 10.9. The molecule has 0 fully saturated rings.